The van der Waals surface area contributed by atoms with Gasteiger partial charge < -0.3 is 4.42 Å². The number of furan rings is 1. The van der Waals surface area contributed by atoms with Gasteiger partial charge in [-0.2, -0.15) is 22.7 Å². The average molecular weight is 230 g/mol. The molecule has 0 unspecified atom stereocenters. The largest absolute Gasteiger partial charge is 0.471 e. The zero-order chi connectivity index (χ0) is 9.83. The van der Waals surface area contributed by atoms with E-state index in [1.807, 2.05) is 12.5 Å². The molecule has 72 valence electrons. The van der Waals surface area contributed by atoms with E-state index in [4.69, 9.17) is 4.42 Å². The fraction of sp³-hybridized carbons (Fsp3) is 0. The molecule has 0 aliphatic rings. The minimum atomic E-state index is 1.23. The minimum Gasteiger partial charge on any atom is -0.471 e. The van der Waals surface area contributed by atoms with Crippen molar-refractivity contribution in [3.8, 4) is 0 Å². The molecular weight excluding hydrogens is 224 g/mol. The smallest absolute Gasteiger partial charge is 0.0988 e. The third-order valence-electron chi connectivity index (χ3n) is 2.86. The van der Waals surface area contributed by atoms with Crippen LogP contribution < -0.4 is 0 Å². The monoisotopic (exact) mass is 230 g/mol. The van der Waals surface area contributed by atoms with Gasteiger partial charge in [0, 0.05) is 32.3 Å². The lowest BCUT2D eigenvalue weighted by molar-refractivity contribution is 0.573. The summed E-state index contributed by atoms with van der Waals surface area (Å²) in [6.45, 7) is 0. The molecule has 3 aromatic heterocycles. The molecule has 0 aliphatic heterocycles. The van der Waals surface area contributed by atoms with E-state index in [1.165, 1.54) is 32.3 Å². The fourth-order valence-electron chi connectivity index (χ4n) is 2.14. The predicted molar refractivity (Wildman–Crippen MR) is 67.0 cm³/mol. The molecule has 0 N–H and O–H groups in total. The van der Waals surface area contributed by atoms with Gasteiger partial charge in [0.2, 0.25) is 0 Å². The number of thiophene rings is 2. The highest BCUT2D eigenvalue weighted by atomic mass is 32.1. The molecule has 3 heteroatoms. The Labute approximate surface area is 93.6 Å². The normalized spacial score (nSPS) is 12.0. The molecule has 3 heterocycles. The molecule has 1 nitrogen and oxygen atoms in total. The minimum absolute atomic E-state index is 1.23. The summed E-state index contributed by atoms with van der Waals surface area (Å²) in [5.74, 6) is 0. The Kier molecular flexibility index (Phi) is 1.38. The zero-order valence-corrected chi connectivity index (χ0v) is 9.32. The molecule has 15 heavy (non-hydrogen) atoms. The van der Waals surface area contributed by atoms with Crippen molar-refractivity contribution in [2.75, 3.05) is 0 Å². The van der Waals surface area contributed by atoms with Crippen molar-refractivity contribution in [1.29, 1.82) is 0 Å². The number of hydrogen-bond acceptors (Lipinski definition) is 3. The van der Waals surface area contributed by atoms with Gasteiger partial charge in [0.05, 0.1) is 12.5 Å². The van der Waals surface area contributed by atoms with Crippen molar-refractivity contribution in [3.63, 3.8) is 0 Å². The maximum atomic E-state index is 5.33. The molecule has 0 saturated carbocycles. The van der Waals surface area contributed by atoms with Crippen molar-refractivity contribution in [3.05, 3.63) is 34.0 Å². The predicted octanol–water partition coefficient (Wildman–Crippen LogP) is 4.86. The molecule has 0 spiro atoms. The lowest BCUT2D eigenvalue weighted by atomic mass is 10.0. The van der Waals surface area contributed by atoms with Gasteiger partial charge in [-0.05, 0) is 21.5 Å². The van der Waals surface area contributed by atoms with E-state index in [-0.39, 0.29) is 0 Å². The number of fused-ring (bicyclic) bond motifs is 6. The van der Waals surface area contributed by atoms with Crippen molar-refractivity contribution in [2.45, 2.75) is 0 Å². The molecule has 4 aromatic rings. The van der Waals surface area contributed by atoms with E-state index in [0.29, 0.717) is 0 Å². The van der Waals surface area contributed by atoms with Crippen LogP contribution in [0.15, 0.2) is 38.5 Å². The lowest BCUT2D eigenvalue weighted by Crippen LogP contribution is -1.70. The Morgan fingerprint density at radius 3 is 1.47 bits per heavy atom. The van der Waals surface area contributed by atoms with Crippen LogP contribution in [0.1, 0.15) is 0 Å². The first-order valence-electron chi connectivity index (χ1n) is 4.65. The quantitative estimate of drug-likeness (QED) is 0.420. The summed E-state index contributed by atoms with van der Waals surface area (Å²) in [4.78, 5) is 0. The number of benzene rings is 1. The van der Waals surface area contributed by atoms with Gasteiger partial charge in [0.15, 0.2) is 0 Å². The van der Waals surface area contributed by atoms with E-state index >= 15 is 0 Å². The third kappa shape index (κ3) is 0.874. The highest BCUT2D eigenvalue weighted by Crippen LogP contribution is 2.38. The second kappa shape index (κ2) is 2.62. The topological polar surface area (TPSA) is 13.1 Å². The fourth-order valence-corrected chi connectivity index (χ4v) is 3.84. The highest BCUT2D eigenvalue weighted by molar-refractivity contribution is 7.11. The number of hydrogen-bond donors (Lipinski definition) is 0. The maximum Gasteiger partial charge on any atom is 0.0988 e. The molecule has 0 fully saturated rings. The first kappa shape index (κ1) is 7.91. The first-order valence-corrected chi connectivity index (χ1v) is 6.53. The number of rotatable bonds is 0. The Morgan fingerprint density at radius 2 is 1.00 bits per heavy atom. The van der Waals surface area contributed by atoms with Gasteiger partial charge in [-0.3, -0.25) is 0 Å². The van der Waals surface area contributed by atoms with Crippen molar-refractivity contribution in [1.82, 2.24) is 0 Å². The van der Waals surface area contributed by atoms with Crippen LogP contribution in [-0.4, -0.2) is 0 Å². The van der Waals surface area contributed by atoms with E-state index in [1.54, 1.807) is 22.7 Å². The summed E-state index contributed by atoms with van der Waals surface area (Å²) >= 11 is 3.50. The van der Waals surface area contributed by atoms with Crippen LogP contribution in [0.3, 0.4) is 0 Å². The van der Waals surface area contributed by atoms with Gasteiger partial charge in [-0.1, -0.05) is 0 Å². The summed E-state index contributed by atoms with van der Waals surface area (Å²) in [6.07, 6.45) is 3.70. The molecule has 1 aromatic carbocycles. The highest BCUT2D eigenvalue weighted by Gasteiger charge is 2.10. The Balaban J connectivity index is 2.56. The second-order valence-electron chi connectivity index (χ2n) is 3.60. The molecular formula is C12H6OS2. The van der Waals surface area contributed by atoms with Crippen LogP contribution in [0.2, 0.25) is 0 Å². The Hall–Kier alpha value is -1.32. The SMILES string of the molecule is c1occ2c1c1cscc1c1cscc21. The molecule has 0 saturated heterocycles. The van der Waals surface area contributed by atoms with Gasteiger partial charge >= 0.3 is 0 Å². The lowest BCUT2D eigenvalue weighted by Gasteiger charge is -1.96. The second-order valence-corrected chi connectivity index (χ2v) is 5.08. The summed E-state index contributed by atoms with van der Waals surface area (Å²) in [5.41, 5.74) is 0. The van der Waals surface area contributed by atoms with Crippen LogP contribution >= 0.6 is 22.7 Å². The van der Waals surface area contributed by atoms with Crippen molar-refractivity contribution >= 4 is 55.0 Å². The van der Waals surface area contributed by atoms with Crippen LogP contribution in [0.4, 0.5) is 0 Å². The summed E-state index contributed by atoms with van der Waals surface area (Å²) in [6, 6.07) is 0. The van der Waals surface area contributed by atoms with Crippen LogP contribution in [0.25, 0.3) is 32.3 Å². The van der Waals surface area contributed by atoms with Gasteiger partial charge in [0.1, 0.15) is 0 Å². The summed E-state index contributed by atoms with van der Waals surface area (Å²) in [7, 11) is 0. The molecule has 0 aliphatic carbocycles. The first-order chi connectivity index (χ1) is 7.45. The molecule has 0 atom stereocenters. The van der Waals surface area contributed by atoms with E-state index in [9.17, 15) is 0 Å². The molecule has 0 bridgehead atoms. The molecule has 4 rings (SSSR count). The van der Waals surface area contributed by atoms with Crippen molar-refractivity contribution in [2.24, 2.45) is 0 Å². The zero-order valence-electron chi connectivity index (χ0n) is 7.69. The summed E-state index contributed by atoms with van der Waals surface area (Å²) in [5, 5.41) is 16.6. The maximum absolute atomic E-state index is 5.33. The average Bonchev–Trinajstić information content (AvgIpc) is 2.97. The van der Waals surface area contributed by atoms with E-state index in [0.717, 1.165) is 0 Å². The third-order valence-corrected chi connectivity index (χ3v) is 4.34. The Bertz CT molecular complexity index is 578. The van der Waals surface area contributed by atoms with Gasteiger partial charge in [0.25, 0.3) is 0 Å². The van der Waals surface area contributed by atoms with Crippen molar-refractivity contribution < 1.29 is 4.42 Å². The summed E-state index contributed by atoms with van der Waals surface area (Å²) < 4.78 is 5.33. The van der Waals surface area contributed by atoms with E-state index < -0.39 is 0 Å². The molecule has 0 radical (unpaired) electrons. The van der Waals surface area contributed by atoms with Crippen LogP contribution in [0, 0.1) is 0 Å². The molecule has 0 amide bonds. The van der Waals surface area contributed by atoms with Gasteiger partial charge in [-0.15, -0.1) is 0 Å². The van der Waals surface area contributed by atoms with E-state index in [2.05, 4.69) is 21.5 Å². The Morgan fingerprint density at radius 1 is 0.600 bits per heavy atom. The van der Waals surface area contributed by atoms with Crippen LogP contribution in [-0.2, 0) is 0 Å². The van der Waals surface area contributed by atoms with Crippen LogP contribution in [0.5, 0.6) is 0 Å². The standard InChI is InChI=1S/C12H6OS2/c1-7-8(2-13-1)10-4-15-6-12(10)11-5-14-3-9(7)11/h1-6H. The van der Waals surface area contributed by atoms with Gasteiger partial charge in [-0.25, -0.2) is 0 Å².